The number of hydrogen-bond acceptors (Lipinski definition) is 2. The zero-order chi connectivity index (χ0) is 3.54. The number of halogens is 1. The molecule has 0 nitrogen and oxygen atoms in total. The van der Waals surface area contributed by atoms with Gasteiger partial charge in [-0.1, -0.05) is 27.7 Å². The largest absolute Gasteiger partial charge is 0.147 e. The quantitative estimate of drug-likeness (QED) is 0.474. The topological polar surface area (TPSA) is 0 Å². The molecule has 1 heterocycles. The van der Waals surface area contributed by atoms with Gasteiger partial charge in [-0.2, -0.15) is 0 Å². The van der Waals surface area contributed by atoms with E-state index in [0.717, 1.165) is 0 Å². The molecule has 6 heavy (non-hydrogen) atoms. The van der Waals surface area contributed by atoms with E-state index in [4.69, 9.17) is 0 Å². The lowest BCUT2D eigenvalue weighted by molar-refractivity contribution is 1.85. The van der Waals surface area contributed by atoms with Crippen LogP contribution < -0.4 is 0 Å². The van der Waals surface area contributed by atoms with Crippen molar-refractivity contribution in [3.05, 3.63) is 11.5 Å². The molecule has 0 unspecified atom stereocenters. The van der Waals surface area contributed by atoms with Crippen molar-refractivity contribution in [2.45, 2.75) is 0 Å². The number of rotatable bonds is 0. The van der Waals surface area contributed by atoms with Crippen molar-refractivity contribution in [1.82, 2.24) is 0 Å². The molecular formula is C3H5ClS2. The predicted molar refractivity (Wildman–Crippen MR) is 36.4 cm³/mol. The third-order valence-corrected chi connectivity index (χ3v) is 2.30. The van der Waals surface area contributed by atoms with Gasteiger partial charge in [-0.15, -0.1) is 12.4 Å². The van der Waals surface area contributed by atoms with Crippen LogP contribution in [0.15, 0.2) is 11.5 Å². The fourth-order valence-corrected chi connectivity index (χ4v) is 1.77. The first-order chi connectivity index (χ1) is 2.50. The van der Waals surface area contributed by atoms with Gasteiger partial charge in [-0.05, 0) is 5.41 Å². The van der Waals surface area contributed by atoms with E-state index in [9.17, 15) is 0 Å². The van der Waals surface area contributed by atoms with Crippen LogP contribution in [0.25, 0.3) is 0 Å². The van der Waals surface area contributed by atoms with Gasteiger partial charge in [0, 0.05) is 5.75 Å². The first-order valence-corrected chi connectivity index (χ1v) is 3.81. The van der Waals surface area contributed by atoms with Gasteiger partial charge >= 0.3 is 0 Å². The molecule has 0 N–H and O–H groups in total. The van der Waals surface area contributed by atoms with Crippen LogP contribution in [0.1, 0.15) is 0 Å². The number of hydrogen-bond donors (Lipinski definition) is 0. The highest BCUT2D eigenvalue weighted by molar-refractivity contribution is 8.78. The summed E-state index contributed by atoms with van der Waals surface area (Å²) < 4.78 is 0. The zero-order valence-electron chi connectivity index (χ0n) is 3.09. The molecule has 0 amide bonds. The van der Waals surface area contributed by atoms with Crippen molar-refractivity contribution in [1.29, 1.82) is 0 Å². The lowest BCUT2D eigenvalue weighted by Crippen LogP contribution is -1.46. The second-order valence-electron chi connectivity index (χ2n) is 0.753. The molecule has 0 radical (unpaired) electrons. The maximum absolute atomic E-state index is 2.16. The standard InChI is InChI=1S/C3H4S2.ClH/c1-2-4-5-3-1;/h1-2H,3H2;1H. The molecule has 1 rings (SSSR count). The first-order valence-electron chi connectivity index (χ1n) is 1.43. The van der Waals surface area contributed by atoms with Gasteiger partial charge in [0.2, 0.25) is 0 Å². The molecule has 36 valence electrons. The minimum atomic E-state index is 0. The molecule has 1 aliphatic rings. The smallest absolute Gasteiger partial charge is 0.0229 e. The Morgan fingerprint density at radius 1 is 1.50 bits per heavy atom. The lowest BCUT2D eigenvalue weighted by Gasteiger charge is -1.69. The Bertz CT molecular complexity index is 46.8. The van der Waals surface area contributed by atoms with Gasteiger partial charge < -0.3 is 0 Å². The third kappa shape index (κ3) is 2.00. The van der Waals surface area contributed by atoms with Crippen LogP contribution in [0.3, 0.4) is 0 Å². The molecule has 0 aromatic rings. The van der Waals surface area contributed by atoms with Gasteiger partial charge in [-0.25, -0.2) is 0 Å². The SMILES string of the molecule is C1=CSSC1.Cl. The van der Waals surface area contributed by atoms with E-state index in [1.807, 2.05) is 21.6 Å². The molecule has 0 aromatic heterocycles. The third-order valence-electron chi connectivity index (χ3n) is 0.384. The molecule has 3 heteroatoms. The van der Waals surface area contributed by atoms with Crippen LogP contribution in [-0.4, -0.2) is 5.75 Å². The van der Waals surface area contributed by atoms with Crippen molar-refractivity contribution in [2.24, 2.45) is 0 Å². The van der Waals surface area contributed by atoms with Crippen LogP contribution in [0.4, 0.5) is 0 Å². The van der Waals surface area contributed by atoms with E-state index in [1.165, 1.54) is 5.75 Å². The van der Waals surface area contributed by atoms with Crippen LogP contribution >= 0.6 is 34.0 Å². The second-order valence-corrected chi connectivity index (χ2v) is 3.07. The van der Waals surface area contributed by atoms with Crippen LogP contribution in [-0.2, 0) is 0 Å². The Hall–Kier alpha value is 0.730. The summed E-state index contributed by atoms with van der Waals surface area (Å²) in [5.41, 5.74) is 0. The summed E-state index contributed by atoms with van der Waals surface area (Å²) in [6.07, 6.45) is 2.16. The summed E-state index contributed by atoms with van der Waals surface area (Å²) in [6.45, 7) is 0. The van der Waals surface area contributed by atoms with Crippen molar-refractivity contribution in [3.63, 3.8) is 0 Å². The monoisotopic (exact) mass is 140 g/mol. The minimum absolute atomic E-state index is 0. The van der Waals surface area contributed by atoms with Crippen molar-refractivity contribution < 1.29 is 0 Å². The fraction of sp³-hybridized carbons (Fsp3) is 0.333. The van der Waals surface area contributed by atoms with Gasteiger partial charge in [0.15, 0.2) is 0 Å². The maximum Gasteiger partial charge on any atom is 0.0229 e. The van der Waals surface area contributed by atoms with Crippen LogP contribution in [0.5, 0.6) is 0 Å². The summed E-state index contributed by atoms with van der Waals surface area (Å²) in [4.78, 5) is 0. The Kier molecular flexibility index (Phi) is 4.38. The fourth-order valence-electron chi connectivity index (χ4n) is 0.196. The van der Waals surface area contributed by atoms with Crippen molar-refractivity contribution >= 4 is 34.0 Å². The molecule has 0 aromatic carbocycles. The second kappa shape index (κ2) is 3.90. The maximum atomic E-state index is 2.16. The predicted octanol–water partition coefficient (Wildman–Crippen LogP) is 2.32. The van der Waals surface area contributed by atoms with Gasteiger partial charge in [-0.3, -0.25) is 0 Å². The molecule has 0 saturated heterocycles. The molecule has 1 aliphatic heterocycles. The zero-order valence-corrected chi connectivity index (χ0v) is 5.54. The van der Waals surface area contributed by atoms with E-state index in [1.54, 1.807) is 0 Å². The highest BCUT2D eigenvalue weighted by Gasteiger charge is 1.85. The Balaban J connectivity index is 0.000000250. The van der Waals surface area contributed by atoms with E-state index in [-0.39, 0.29) is 12.4 Å². The Morgan fingerprint density at radius 3 is 2.50 bits per heavy atom. The minimum Gasteiger partial charge on any atom is -0.147 e. The van der Waals surface area contributed by atoms with Gasteiger partial charge in [0.05, 0.1) is 0 Å². The highest BCUT2D eigenvalue weighted by Crippen LogP contribution is 2.27. The van der Waals surface area contributed by atoms with E-state index in [0.29, 0.717) is 0 Å². The average molecular weight is 141 g/mol. The molecule has 0 bridgehead atoms. The molecule has 0 fully saturated rings. The summed E-state index contributed by atoms with van der Waals surface area (Å²) in [7, 11) is 3.69. The van der Waals surface area contributed by atoms with Gasteiger partial charge in [0.25, 0.3) is 0 Å². The molecule has 0 atom stereocenters. The molecule has 0 aliphatic carbocycles. The summed E-state index contributed by atoms with van der Waals surface area (Å²) in [5, 5.41) is 2.12. The summed E-state index contributed by atoms with van der Waals surface area (Å²) >= 11 is 0. The summed E-state index contributed by atoms with van der Waals surface area (Å²) in [6, 6.07) is 0. The van der Waals surface area contributed by atoms with Crippen LogP contribution in [0, 0.1) is 0 Å². The molecular weight excluding hydrogens is 136 g/mol. The van der Waals surface area contributed by atoms with E-state index in [2.05, 4.69) is 11.5 Å². The first kappa shape index (κ1) is 6.73. The molecule has 0 spiro atoms. The van der Waals surface area contributed by atoms with E-state index >= 15 is 0 Å². The summed E-state index contributed by atoms with van der Waals surface area (Å²) in [5.74, 6) is 1.20. The lowest BCUT2D eigenvalue weighted by atomic mass is 10.8. The van der Waals surface area contributed by atoms with E-state index < -0.39 is 0 Å². The van der Waals surface area contributed by atoms with Gasteiger partial charge in [0.1, 0.15) is 0 Å². The normalized spacial score (nSPS) is 17.3. The Morgan fingerprint density at radius 2 is 2.33 bits per heavy atom. The van der Waals surface area contributed by atoms with Crippen molar-refractivity contribution in [3.8, 4) is 0 Å². The van der Waals surface area contributed by atoms with Crippen molar-refractivity contribution in [2.75, 3.05) is 5.75 Å². The average Bonchev–Trinajstić information content (AvgIpc) is 1.76. The van der Waals surface area contributed by atoms with Crippen LogP contribution in [0.2, 0.25) is 0 Å². The highest BCUT2D eigenvalue weighted by atomic mass is 35.5. The molecule has 0 saturated carbocycles. The Labute approximate surface area is 51.6 Å².